The Hall–Kier alpha value is -2.94. The second-order valence-electron chi connectivity index (χ2n) is 6.15. The Bertz CT molecular complexity index is 815. The molecule has 1 aliphatic rings. The molecule has 1 aliphatic heterocycles. The summed E-state index contributed by atoms with van der Waals surface area (Å²) >= 11 is 0. The Balaban J connectivity index is 1.60. The van der Waals surface area contributed by atoms with E-state index in [9.17, 15) is 19.3 Å². The highest BCUT2D eigenvalue weighted by molar-refractivity contribution is 5.91. The number of furan rings is 1. The molecule has 1 aromatic carbocycles. The molecule has 0 saturated carbocycles. The molecule has 0 aliphatic carbocycles. The minimum Gasteiger partial charge on any atom is -0.395 e. The number of carbonyl (C=O) groups excluding carboxylic acids is 1. The van der Waals surface area contributed by atoms with Gasteiger partial charge in [-0.15, -0.1) is 0 Å². The molecule has 9 heteroatoms. The molecule has 0 radical (unpaired) electrons. The summed E-state index contributed by atoms with van der Waals surface area (Å²) in [5, 5.41) is 13.1. The van der Waals surface area contributed by atoms with E-state index < -0.39 is 16.7 Å². The Kier molecular flexibility index (Phi) is 5.17. The number of halogens is 1. The van der Waals surface area contributed by atoms with E-state index in [2.05, 4.69) is 10.2 Å². The smallest absolute Gasteiger partial charge is 0.395 e. The van der Waals surface area contributed by atoms with Gasteiger partial charge in [-0.25, -0.2) is 4.39 Å². The molecule has 1 N–H and O–H groups in total. The number of hydrogen-bond donors (Lipinski definition) is 1. The van der Waals surface area contributed by atoms with Crippen molar-refractivity contribution in [1.29, 1.82) is 0 Å². The number of amides is 1. The van der Waals surface area contributed by atoms with Crippen LogP contribution < -0.4 is 10.2 Å². The molecule has 3 rings (SSSR count). The van der Waals surface area contributed by atoms with Gasteiger partial charge >= 0.3 is 5.88 Å². The molecule has 138 valence electrons. The van der Waals surface area contributed by atoms with Gasteiger partial charge in [0.25, 0.3) is 5.91 Å². The first kappa shape index (κ1) is 17.9. The van der Waals surface area contributed by atoms with Gasteiger partial charge in [0.1, 0.15) is 10.7 Å². The van der Waals surface area contributed by atoms with E-state index in [0.717, 1.165) is 32.2 Å². The Labute approximate surface area is 149 Å². The molecule has 1 aromatic heterocycles. The molecular weight excluding hydrogens is 343 g/mol. The van der Waals surface area contributed by atoms with Crippen LogP contribution in [-0.4, -0.2) is 49.0 Å². The van der Waals surface area contributed by atoms with Crippen LogP contribution in [0.3, 0.4) is 0 Å². The predicted molar refractivity (Wildman–Crippen MR) is 92.6 cm³/mol. The highest BCUT2D eigenvalue weighted by Crippen LogP contribution is 2.22. The van der Waals surface area contributed by atoms with Crippen molar-refractivity contribution in [2.24, 2.45) is 0 Å². The molecule has 0 spiro atoms. The second-order valence-corrected chi connectivity index (χ2v) is 6.15. The number of likely N-dealkylation sites (N-methyl/N-ethyl adjacent to an activating group) is 1. The lowest BCUT2D eigenvalue weighted by atomic mass is 10.1. The van der Waals surface area contributed by atoms with Gasteiger partial charge in [-0.2, -0.15) is 0 Å². The van der Waals surface area contributed by atoms with Crippen LogP contribution in [0.15, 0.2) is 34.7 Å². The zero-order valence-electron chi connectivity index (χ0n) is 14.3. The third-order valence-electron chi connectivity index (χ3n) is 4.30. The van der Waals surface area contributed by atoms with Gasteiger partial charge in [0, 0.05) is 32.7 Å². The molecule has 0 bridgehead atoms. The molecular formula is C17H19FN4O4. The van der Waals surface area contributed by atoms with E-state index in [-0.39, 0.29) is 18.1 Å². The van der Waals surface area contributed by atoms with Crippen LogP contribution in [0.2, 0.25) is 0 Å². The number of benzene rings is 1. The maximum atomic E-state index is 14.4. The van der Waals surface area contributed by atoms with Gasteiger partial charge in [-0.1, -0.05) is 6.07 Å². The first-order valence-corrected chi connectivity index (χ1v) is 8.18. The number of hydrogen-bond acceptors (Lipinski definition) is 6. The summed E-state index contributed by atoms with van der Waals surface area (Å²) in [4.78, 5) is 26.0. The number of nitrogens with zero attached hydrogens (tertiary/aromatic N) is 3. The van der Waals surface area contributed by atoms with Crippen molar-refractivity contribution in [3.8, 4) is 0 Å². The normalized spacial score (nSPS) is 15.1. The van der Waals surface area contributed by atoms with Crippen molar-refractivity contribution in [2.75, 3.05) is 38.1 Å². The molecule has 1 saturated heterocycles. The number of piperazine rings is 1. The summed E-state index contributed by atoms with van der Waals surface area (Å²) in [7, 11) is 2.03. The maximum absolute atomic E-state index is 14.4. The fraction of sp³-hybridized carbons (Fsp3) is 0.353. The van der Waals surface area contributed by atoms with Crippen LogP contribution in [-0.2, 0) is 6.54 Å². The predicted octanol–water partition coefficient (Wildman–Crippen LogP) is 2.01. The zero-order chi connectivity index (χ0) is 18.7. The summed E-state index contributed by atoms with van der Waals surface area (Å²) in [5.41, 5.74) is 1.14. The van der Waals surface area contributed by atoms with E-state index >= 15 is 0 Å². The van der Waals surface area contributed by atoms with Gasteiger partial charge in [0.05, 0.1) is 11.8 Å². The van der Waals surface area contributed by atoms with Crippen molar-refractivity contribution in [1.82, 2.24) is 10.2 Å². The third-order valence-corrected chi connectivity index (χ3v) is 4.30. The number of rotatable bonds is 5. The van der Waals surface area contributed by atoms with Crippen molar-refractivity contribution in [3.05, 3.63) is 57.6 Å². The second kappa shape index (κ2) is 7.52. The van der Waals surface area contributed by atoms with Crippen LogP contribution >= 0.6 is 0 Å². The zero-order valence-corrected chi connectivity index (χ0v) is 14.3. The summed E-state index contributed by atoms with van der Waals surface area (Å²) in [5.74, 6) is -1.60. The maximum Gasteiger partial charge on any atom is 0.433 e. The fourth-order valence-corrected chi connectivity index (χ4v) is 2.78. The van der Waals surface area contributed by atoms with E-state index in [4.69, 9.17) is 4.42 Å². The van der Waals surface area contributed by atoms with Crippen LogP contribution in [0.5, 0.6) is 0 Å². The third kappa shape index (κ3) is 3.99. The van der Waals surface area contributed by atoms with Crippen molar-refractivity contribution >= 4 is 17.5 Å². The monoisotopic (exact) mass is 362 g/mol. The summed E-state index contributed by atoms with van der Waals surface area (Å²) in [6.45, 7) is 3.38. The van der Waals surface area contributed by atoms with Gasteiger partial charge in [0.2, 0.25) is 0 Å². The van der Waals surface area contributed by atoms with Crippen molar-refractivity contribution < 1.29 is 18.5 Å². The lowest BCUT2D eigenvalue weighted by molar-refractivity contribution is -0.402. The van der Waals surface area contributed by atoms with Crippen LogP contribution in [0.25, 0.3) is 0 Å². The van der Waals surface area contributed by atoms with E-state index in [1.807, 2.05) is 11.9 Å². The lowest BCUT2D eigenvalue weighted by Gasteiger charge is -2.34. The Morgan fingerprint density at radius 1 is 1.27 bits per heavy atom. The summed E-state index contributed by atoms with van der Waals surface area (Å²) < 4.78 is 19.2. The molecule has 26 heavy (non-hydrogen) atoms. The van der Waals surface area contributed by atoms with Crippen LogP contribution in [0, 0.1) is 15.9 Å². The van der Waals surface area contributed by atoms with Crippen molar-refractivity contribution in [2.45, 2.75) is 6.54 Å². The molecule has 2 heterocycles. The number of carbonyl (C=O) groups is 1. The first-order valence-electron chi connectivity index (χ1n) is 8.18. The average Bonchev–Trinajstić information content (AvgIpc) is 3.11. The molecule has 0 atom stereocenters. The minimum absolute atomic E-state index is 0.0905. The van der Waals surface area contributed by atoms with Gasteiger partial charge < -0.3 is 19.5 Å². The standard InChI is InChI=1S/C17H19FN4O4/c1-20-6-8-21(9-7-20)14-3-2-12(10-13(14)18)11-19-17(23)15-4-5-16(26-15)22(24)25/h2-5,10H,6-9,11H2,1H3,(H,19,23). The van der Waals surface area contributed by atoms with Crippen LogP contribution in [0.1, 0.15) is 16.1 Å². The number of anilines is 1. The average molecular weight is 362 g/mol. The summed E-state index contributed by atoms with van der Waals surface area (Å²) in [6.07, 6.45) is 0. The lowest BCUT2D eigenvalue weighted by Crippen LogP contribution is -2.44. The van der Waals surface area contributed by atoms with E-state index in [0.29, 0.717) is 11.3 Å². The van der Waals surface area contributed by atoms with Gasteiger partial charge in [0.15, 0.2) is 5.76 Å². The van der Waals surface area contributed by atoms with Crippen molar-refractivity contribution in [3.63, 3.8) is 0 Å². The molecule has 8 nitrogen and oxygen atoms in total. The Morgan fingerprint density at radius 2 is 2.00 bits per heavy atom. The van der Waals surface area contributed by atoms with E-state index in [1.54, 1.807) is 12.1 Å². The quantitative estimate of drug-likeness (QED) is 0.646. The highest BCUT2D eigenvalue weighted by atomic mass is 19.1. The van der Waals surface area contributed by atoms with Gasteiger partial charge in [-0.3, -0.25) is 14.9 Å². The fourth-order valence-electron chi connectivity index (χ4n) is 2.78. The Morgan fingerprint density at radius 3 is 2.62 bits per heavy atom. The highest BCUT2D eigenvalue weighted by Gasteiger charge is 2.19. The minimum atomic E-state index is -0.719. The molecule has 2 aromatic rings. The largest absolute Gasteiger partial charge is 0.433 e. The SMILES string of the molecule is CN1CCN(c2ccc(CNC(=O)c3ccc([N+](=O)[O-])o3)cc2F)CC1. The molecule has 0 unspecified atom stereocenters. The van der Waals surface area contributed by atoms with Gasteiger partial charge in [-0.05, 0) is 30.8 Å². The summed E-state index contributed by atoms with van der Waals surface area (Å²) in [6, 6.07) is 7.18. The molecule has 1 fully saturated rings. The topological polar surface area (TPSA) is 91.9 Å². The number of nitro groups is 1. The number of nitrogens with one attached hydrogen (secondary N) is 1. The molecule has 1 amide bonds. The van der Waals surface area contributed by atoms with E-state index in [1.165, 1.54) is 12.1 Å². The first-order chi connectivity index (χ1) is 12.4. The van der Waals surface area contributed by atoms with Crippen LogP contribution in [0.4, 0.5) is 16.0 Å².